The van der Waals surface area contributed by atoms with Gasteiger partial charge in [0.05, 0.1) is 11.1 Å². The molecule has 1 amide bonds. The van der Waals surface area contributed by atoms with Crippen LogP contribution in [0.3, 0.4) is 0 Å². The van der Waals surface area contributed by atoms with Gasteiger partial charge in [-0.15, -0.1) is 0 Å². The van der Waals surface area contributed by atoms with E-state index in [1.807, 2.05) is 24.3 Å². The summed E-state index contributed by atoms with van der Waals surface area (Å²) in [6, 6.07) is 9.40. The summed E-state index contributed by atoms with van der Waals surface area (Å²) in [5, 5.41) is 3.88. The molecule has 2 aromatic rings. The molecule has 1 heterocycles. The fraction of sp³-hybridized carbons (Fsp3) is 0.375. The van der Waals surface area contributed by atoms with Gasteiger partial charge in [0.1, 0.15) is 0 Å². The smallest absolute Gasteiger partial charge is 0.252 e. The Balaban J connectivity index is 2.23. The van der Waals surface area contributed by atoms with Crippen molar-refractivity contribution >= 4 is 16.8 Å². The van der Waals surface area contributed by atoms with Crippen molar-refractivity contribution in [1.29, 1.82) is 0 Å². The molecule has 3 N–H and O–H groups in total. The number of para-hydroxylation sites is 1. The summed E-state index contributed by atoms with van der Waals surface area (Å²) in [5.74, 6) is 0.415. The Kier molecular flexibility index (Phi) is 4.69. The zero-order valence-corrected chi connectivity index (χ0v) is 12.0. The molecule has 2 rings (SSSR count). The molecule has 106 valence electrons. The molecule has 4 heteroatoms. The van der Waals surface area contributed by atoms with Crippen LogP contribution in [0.15, 0.2) is 36.5 Å². The number of aromatic nitrogens is 1. The maximum atomic E-state index is 12.4. The van der Waals surface area contributed by atoms with Gasteiger partial charge in [-0.2, -0.15) is 0 Å². The minimum Gasteiger partial charge on any atom is -0.348 e. The molecule has 1 aromatic heterocycles. The van der Waals surface area contributed by atoms with Gasteiger partial charge in [0.25, 0.3) is 5.91 Å². The molecule has 0 spiro atoms. The minimum absolute atomic E-state index is 0.00873. The molecule has 0 radical (unpaired) electrons. The third kappa shape index (κ3) is 3.33. The van der Waals surface area contributed by atoms with Gasteiger partial charge in [0, 0.05) is 24.2 Å². The number of hydrogen-bond acceptors (Lipinski definition) is 3. The third-order valence-electron chi connectivity index (χ3n) is 3.27. The predicted octanol–water partition coefficient (Wildman–Crippen LogP) is 2.34. The van der Waals surface area contributed by atoms with Crippen molar-refractivity contribution in [3.63, 3.8) is 0 Å². The summed E-state index contributed by atoms with van der Waals surface area (Å²) >= 11 is 0. The van der Waals surface area contributed by atoms with Gasteiger partial charge in [-0.05, 0) is 24.5 Å². The second-order valence-corrected chi connectivity index (χ2v) is 5.41. The number of amides is 1. The molecule has 1 unspecified atom stereocenters. The maximum absolute atomic E-state index is 12.4. The van der Waals surface area contributed by atoms with Crippen LogP contribution in [0.25, 0.3) is 10.9 Å². The highest BCUT2D eigenvalue weighted by atomic mass is 16.1. The lowest BCUT2D eigenvalue weighted by molar-refractivity contribution is 0.0935. The lowest BCUT2D eigenvalue weighted by Crippen LogP contribution is -2.41. The number of nitrogens with two attached hydrogens (primary N) is 1. The fourth-order valence-corrected chi connectivity index (χ4v) is 2.34. The molecule has 0 fully saturated rings. The van der Waals surface area contributed by atoms with Gasteiger partial charge >= 0.3 is 0 Å². The van der Waals surface area contributed by atoms with E-state index in [1.54, 1.807) is 12.3 Å². The van der Waals surface area contributed by atoms with E-state index < -0.39 is 0 Å². The number of hydrogen-bond donors (Lipinski definition) is 2. The first-order valence-electron chi connectivity index (χ1n) is 6.96. The van der Waals surface area contributed by atoms with Crippen LogP contribution in [0.1, 0.15) is 30.6 Å². The summed E-state index contributed by atoms with van der Waals surface area (Å²) in [4.78, 5) is 16.7. The third-order valence-corrected chi connectivity index (χ3v) is 3.27. The first-order chi connectivity index (χ1) is 9.61. The second-order valence-electron chi connectivity index (χ2n) is 5.41. The van der Waals surface area contributed by atoms with E-state index in [0.29, 0.717) is 18.0 Å². The Labute approximate surface area is 119 Å². The van der Waals surface area contributed by atoms with Gasteiger partial charge < -0.3 is 11.1 Å². The summed E-state index contributed by atoms with van der Waals surface area (Å²) in [6.07, 6.45) is 2.54. The van der Waals surface area contributed by atoms with Crippen LogP contribution in [-0.2, 0) is 0 Å². The van der Waals surface area contributed by atoms with Crippen LogP contribution in [0.5, 0.6) is 0 Å². The zero-order chi connectivity index (χ0) is 14.5. The number of pyridine rings is 1. The van der Waals surface area contributed by atoms with Crippen LogP contribution in [0.2, 0.25) is 0 Å². The molecule has 4 nitrogen and oxygen atoms in total. The number of nitrogens with zero attached hydrogens (tertiary/aromatic N) is 1. The average Bonchev–Trinajstić information content (AvgIpc) is 2.45. The number of nitrogens with one attached hydrogen (secondary N) is 1. The topological polar surface area (TPSA) is 68.0 Å². The normalized spacial score (nSPS) is 12.6. The summed E-state index contributed by atoms with van der Waals surface area (Å²) in [5.41, 5.74) is 7.21. The molecular formula is C16H21N3O. The van der Waals surface area contributed by atoms with E-state index in [1.165, 1.54) is 0 Å². The molecule has 0 saturated heterocycles. The van der Waals surface area contributed by atoms with Crippen molar-refractivity contribution < 1.29 is 4.79 Å². The van der Waals surface area contributed by atoms with E-state index in [0.717, 1.165) is 17.3 Å². The standard InChI is InChI=1S/C16H21N3O/c1-11(2)9-12(10-17)19-16(20)14-7-8-18-15-6-4-3-5-13(14)15/h3-8,11-12H,9-10,17H2,1-2H3,(H,19,20). The quantitative estimate of drug-likeness (QED) is 0.877. The molecule has 1 atom stereocenters. The van der Waals surface area contributed by atoms with Gasteiger partial charge in [-0.3, -0.25) is 9.78 Å². The fourth-order valence-electron chi connectivity index (χ4n) is 2.34. The van der Waals surface area contributed by atoms with Crippen LogP contribution >= 0.6 is 0 Å². The number of rotatable bonds is 5. The Hall–Kier alpha value is -1.94. The van der Waals surface area contributed by atoms with E-state index in [-0.39, 0.29) is 11.9 Å². The monoisotopic (exact) mass is 271 g/mol. The molecule has 1 aromatic carbocycles. The highest BCUT2D eigenvalue weighted by molar-refractivity contribution is 6.06. The maximum Gasteiger partial charge on any atom is 0.252 e. The molecule has 0 aliphatic carbocycles. The van der Waals surface area contributed by atoms with Gasteiger partial charge in [0.2, 0.25) is 0 Å². The lowest BCUT2D eigenvalue weighted by atomic mass is 10.0. The summed E-state index contributed by atoms with van der Waals surface area (Å²) in [6.45, 7) is 4.69. The molecule has 0 aliphatic heterocycles. The predicted molar refractivity (Wildman–Crippen MR) is 81.5 cm³/mol. The zero-order valence-electron chi connectivity index (χ0n) is 12.0. The molecule has 0 aliphatic rings. The van der Waals surface area contributed by atoms with Crippen LogP contribution < -0.4 is 11.1 Å². The lowest BCUT2D eigenvalue weighted by Gasteiger charge is -2.19. The molecule has 20 heavy (non-hydrogen) atoms. The average molecular weight is 271 g/mol. The minimum atomic E-state index is -0.0836. The largest absolute Gasteiger partial charge is 0.348 e. The second kappa shape index (κ2) is 6.48. The highest BCUT2D eigenvalue weighted by Crippen LogP contribution is 2.16. The van der Waals surface area contributed by atoms with Crippen LogP contribution in [0, 0.1) is 5.92 Å². The number of benzene rings is 1. The molecular weight excluding hydrogens is 250 g/mol. The van der Waals surface area contributed by atoms with E-state index >= 15 is 0 Å². The van der Waals surface area contributed by atoms with E-state index in [9.17, 15) is 4.79 Å². The van der Waals surface area contributed by atoms with Gasteiger partial charge in [-0.1, -0.05) is 32.0 Å². The number of fused-ring (bicyclic) bond motifs is 1. The first-order valence-corrected chi connectivity index (χ1v) is 6.96. The van der Waals surface area contributed by atoms with Crippen molar-refractivity contribution in [2.45, 2.75) is 26.3 Å². The van der Waals surface area contributed by atoms with Crippen molar-refractivity contribution in [3.8, 4) is 0 Å². The number of carbonyl (C=O) groups excluding carboxylic acids is 1. The Morgan fingerprint density at radius 3 is 2.75 bits per heavy atom. The first kappa shape index (κ1) is 14.5. The van der Waals surface area contributed by atoms with Crippen LogP contribution in [0.4, 0.5) is 0 Å². The summed E-state index contributed by atoms with van der Waals surface area (Å²) in [7, 11) is 0. The van der Waals surface area contributed by atoms with Gasteiger partial charge in [-0.25, -0.2) is 0 Å². The molecule has 0 saturated carbocycles. The van der Waals surface area contributed by atoms with E-state index in [2.05, 4.69) is 24.1 Å². The van der Waals surface area contributed by atoms with Crippen molar-refractivity contribution in [2.24, 2.45) is 11.7 Å². The SMILES string of the molecule is CC(C)CC(CN)NC(=O)c1ccnc2ccccc12. The summed E-state index contributed by atoms with van der Waals surface area (Å²) < 4.78 is 0. The Morgan fingerprint density at radius 1 is 1.30 bits per heavy atom. The number of carbonyl (C=O) groups is 1. The Bertz CT molecular complexity index is 590. The van der Waals surface area contributed by atoms with Crippen molar-refractivity contribution in [2.75, 3.05) is 6.54 Å². The Morgan fingerprint density at radius 2 is 2.05 bits per heavy atom. The van der Waals surface area contributed by atoms with E-state index in [4.69, 9.17) is 5.73 Å². The van der Waals surface area contributed by atoms with Crippen LogP contribution in [-0.4, -0.2) is 23.5 Å². The highest BCUT2D eigenvalue weighted by Gasteiger charge is 2.15. The van der Waals surface area contributed by atoms with Gasteiger partial charge in [0.15, 0.2) is 0 Å². The van der Waals surface area contributed by atoms with Crippen molar-refractivity contribution in [1.82, 2.24) is 10.3 Å². The molecule has 0 bridgehead atoms. The van der Waals surface area contributed by atoms with Crippen molar-refractivity contribution in [3.05, 3.63) is 42.1 Å².